The molecule has 0 spiro atoms. The van der Waals surface area contributed by atoms with Crippen molar-refractivity contribution in [1.29, 1.82) is 0 Å². The Hall–Kier alpha value is -1.42. The molecule has 0 atom stereocenters. The Balaban J connectivity index is 2.34. The number of benzene rings is 1. The molecule has 28 heavy (non-hydrogen) atoms. The van der Waals surface area contributed by atoms with Crippen LogP contribution in [-0.2, 0) is 36.7 Å². The molecule has 0 saturated carbocycles. The van der Waals surface area contributed by atoms with Gasteiger partial charge in [-0.15, -0.1) is 0 Å². The lowest BCUT2D eigenvalue weighted by Crippen LogP contribution is -2.15. The zero-order valence-corrected chi connectivity index (χ0v) is 18.6. The molecule has 6 heteroatoms. The zero-order chi connectivity index (χ0) is 20.9. The van der Waals surface area contributed by atoms with Gasteiger partial charge in [0.15, 0.2) is 5.78 Å². The van der Waals surface area contributed by atoms with Crippen LogP contribution in [-0.4, -0.2) is 30.3 Å². The van der Waals surface area contributed by atoms with Gasteiger partial charge in [0.25, 0.3) is 0 Å². The number of hydrogen-bond donors (Lipinski definition) is 1. The molecule has 0 aromatic heterocycles. The molecule has 1 aromatic carbocycles. The quantitative estimate of drug-likeness (QED) is 0.459. The molecule has 0 bridgehead atoms. The van der Waals surface area contributed by atoms with E-state index in [-0.39, 0.29) is 30.6 Å². The molecule has 0 unspecified atom stereocenters. The number of rotatable bonds is 8. The maximum absolute atomic E-state index is 12.6. The minimum absolute atomic E-state index is 0.206. The first kappa shape index (κ1) is 22.9. The van der Waals surface area contributed by atoms with Crippen LogP contribution in [0, 0.1) is 0 Å². The lowest BCUT2D eigenvalue weighted by atomic mass is 9.79. The van der Waals surface area contributed by atoms with Crippen LogP contribution < -0.4 is 0 Å². The summed E-state index contributed by atoms with van der Waals surface area (Å²) in [6, 6.07) is 1.98. The van der Waals surface area contributed by atoms with E-state index in [1.165, 1.54) is 6.08 Å². The number of phenols is 1. The van der Waals surface area contributed by atoms with E-state index in [1.807, 2.05) is 6.07 Å². The Morgan fingerprint density at radius 1 is 1.14 bits per heavy atom. The third kappa shape index (κ3) is 5.56. The summed E-state index contributed by atoms with van der Waals surface area (Å²) in [5, 5.41) is 10.8. The van der Waals surface area contributed by atoms with E-state index in [0.29, 0.717) is 5.75 Å². The highest BCUT2D eigenvalue weighted by molar-refractivity contribution is 7.54. The molecule has 2 rings (SSSR count). The van der Waals surface area contributed by atoms with Gasteiger partial charge in [0.1, 0.15) is 11.9 Å². The molecule has 0 saturated heterocycles. The average Bonchev–Trinajstić information content (AvgIpc) is 2.60. The number of phenolic OH excluding ortho intramolecular Hbond substituents is 1. The number of allylic oxidation sites excluding steroid dienone is 1. The summed E-state index contributed by atoms with van der Waals surface area (Å²) in [5.41, 5.74) is 3.74. The van der Waals surface area contributed by atoms with E-state index in [1.54, 1.807) is 19.9 Å². The van der Waals surface area contributed by atoms with Gasteiger partial charge >= 0.3 is 7.60 Å². The van der Waals surface area contributed by atoms with Crippen LogP contribution >= 0.6 is 7.60 Å². The van der Waals surface area contributed by atoms with Crippen LogP contribution in [0.5, 0.6) is 5.75 Å². The molecule has 0 radical (unpaired) electrons. The number of fused-ring (bicyclic) bond motifs is 1. The monoisotopic (exact) mass is 408 g/mol. The molecule has 0 aliphatic heterocycles. The third-order valence-electron chi connectivity index (χ3n) is 4.91. The van der Waals surface area contributed by atoms with E-state index < -0.39 is 7.60 Å². The van der Waals surface area contributed by atoms with Crippen molar-refractivity contribution in [2.75, 3.05) is 19.4 Å². The third-order valence-corrected chi connectivity index (χ3v) is 6.92. The van der Waals surface area contributed by atoms with Crippen LogP contribution in [0.2, 0.25) is 0 Å². The van der Waals surface area contributed by atoms with E-state index in [4.69, 9.17) is 9.05 Å². The molecule has 156 valence electrons. The second-order valence-corrected chi connectivity index (χ2v) is 10.2. The minimum Gasteiger partial charge on any atom is -0.507 e. The van der Waals surface area contributed by atoms with Gasteiger partial charge in [0, 0.05) is 5.56 Å². The highest BCUT2D eigenvalue weighted by Crippen LogP contribution is 2.48. The fourth-order valence-corrected chi connectivity index (χ4v) is 5.16. The molecule has 5 nitrogen and oxygen atoms in total. The first-order valence-corrected chi connectivity index (χ1v) is 11.8. The SMILES string of the molecule is CCOP(=O)(CC(=O)/C=C/c1cc(C(C)(C)C)c(O)c2c1CCCC2)OCC. The molecule has 0 fully saturated rings. The summed E-state index contributed by atoms with van der Waals surface area (Å²) in [7, 11) is -3.40. The predicted octanol–water partition coefficient (Wildman–Crippen LogP) is 5.42. The van der Waals surface area contributed by atoms with Crippen molar-refractivity contribution in [2.24, 2.45) is 0 Å². The smallest absolute Gasteiger partial charge is 0.338 e. The second-order valence-electron chi connectivity index (χ2n) is 8.18. The molecule has 1 aromatic rings. The summed E-state index contributed by atoms with van der Waals surface area (Å²) < 4.78 is 23.0. The topological polar surface area (TPSA) is 72.8 Å². The van der Waals surface area contributed by atoms with Crippen LogP contribution in [0.3, 0.4) is 0 Å². The Morgan fingerprint density at radius 3 is 2.25 bits per heavy atom. The number of carbonyl (C=O) groups is 1. The Morgan fingerprint density at radius 2 is 1.71 bits per heavy atom. The van der Waals surface area contributed by atoms with Gasteiger partial charge in [0.2, 0.25) is 0 Å². The average molecular weight is 408 g/mol. The van der Waals surface area contributed by atoms with Crippen molar-refractivity contribution >= 4 is 19.5 Å². The van der Waals surface area contributed by atoms with Gasteiger partial charge < -0.3 is 14.2 Å². The molecular formula is C22H33O5P. The van der Waals surface area contributed by atoms with Crippen LogP contribution in [0.4, 0.5) is 0 Å². The fraction of sp³-hybridized carbons (Fsp3) is 0.591. The first-order valence-electron chi connectivity index (χ1n) is 10.1. The van der Waals surface area contributed by atoms with Gasteiger partial charge in [-0.3, -0.25) is 9.36 Å². The summed E-state index contributed by atoms with van der Waals surface area (Å²) in [6.45, 7) is 10.1. The molecule has 0 amide bonds. The summed E-state index contributed by atoms with van der Waals surface area (Å²) in [6.07, 6.45) is 6.84. The Kier molecular flexibility index (Phi) is 7.66. The zero-order valence-electron chi connectivity index (χ0n) is 17.7. The Labute approximate surface area is 168 Å². The van der Waals surface area contributed by atoms with Crippen molar-refractivity contribution in [2.45, 2.75) is 65.7 Å². The molecule has 1 aliphatic carbocycles. The maximum atomic E-state index is 12.6. The maximum Gasteiger partial charge on any atom is 0.338 e. The molecular weight excluding hydrogens is 375 g/mol. The van der Waals surface area contributed by atoms with E-state index in [0.717, 1.165) is 47.9 Å². The standard InChI is InChI=1S/C22H33O5P/c1-6-26-28(25,27-7-2)15-17(23)13-12-16-14-20(22(3,4)5)21(24)19-11-9-8-10-18(16)19/h12-14,24H,6-11,15H2,1-5H3/b13-12+. The van der Waals surface area contributed by atoms with E-state index in [9.17, 15) is 14.5 Å². The van der Waals surface area contributed by atoms with Crippen molar-refractivity contribution in [1.82, 2.24) is 0 Å². The summed E-state index contributed by atoms with van der Waals surface area (Å²) in [4.78, 5) is 12.4. The lowest BCUT2D eigenvalue weighted by molar-refractivity contribution is -0.112. The second kappa shape index (κ2) is 9.39. The number of hydrogen-bond acceptors (Lipinski definition) is 5. The minimum atomic E-state index is -3.40. The largest absolute Gasteiger partial charge is 0.507 e. The fourth-order valence-electron chi connectivity index (χ4n) is 3.63. The molecule has 1 N–H and O–H groups in total. The Bertz CT molecular complexity index is 779. The van der Waals surface area contributed by atoms with Crippen LogP contribution in [0.1, 0.15) is 69.7 Å². The summed E-state index contributed by atoms with van der Waals surface area (Å²) in [5.74, 6) is 0.100. The van der Waals surface area contributed by atoms with Gasteiger partial charge in [-0.2, -0.15) is 0 Å². The van der Waals surface area contributed by atoms with Crippen molar-refractivity contribution in [3.63, 3.8) is 0 Å². The van der Waals surface area contributed by atoms with Crippen molar-refractivity contribution in [3.05, 3.63) is 34.4 Å². The normalized spacial score (nSPS) is 15.0. The predicted molar refractivity (Wildman–Crippen MR) is 113 cm³/mol. The van der Waals surface area contributed by atoms with E-state index in [2.05, 4.69) is 20.8 Å². The lowest BCUT2D eigenvalue weighted by Gasteiger charge is -2.27. The number of aromatic hydroxyl groups is 1. The summed E-state index contributed by atoms with van der Waals surface area (Å²) >= 11 is 0. The van der Waals surface area contributed by atoms with Gasteiger partial charge in [-0.25, -0.2) is 0 Å². The van der Waals surface area contributed by atoms with Crippen molar-refractivity contribution < 1.29 is 23.5 Å². The van der Waals surface area contributed by atoms with Crippen LogP contribution in [0.15, 0.2) is 12.1 Å². The highest BCUT2D eigenvalue weighted by Gasteiger charge is 2.27. The first-order chi connectivity index (χ1) is 13.1. The van der Waals surface area contributed by atoms with Gasteiger partial charge in [0.05, 0.1) is 13.2 Å². The number of carbonyl (C=O) groups excluding carboxylic acids is 1. The van der Waals surface area contributed by atoms with E-state index >= 15 is 0 Å². The number of ketones is 1. The van der Waals surface area contributed by atoms with Gasteiger partial charge in [-0.05, 0) is 73.8 Å². The van der Waals surface area contributed by atoms with Crippen molar-refractivity contribution in [3.8, 4) is 5.75 Å². The van der Waals surface area contributed by atoms with Crippen LogP contribution in [0.25, 0.3) is 6.08 Å². The highest BCUT2D eigenvalue weighted by atomic mass is 31.2. The molecule has 1 aliphatic rings. The molecule has 0 heterocycles. The van der Waals surface area contributed by atoms with Gasteiger partial charge in [-0.1, -0.05) is 26.8 Å².